The summed E-state index contributed by atoms with van der Waals surface area (Å²) in [6.45, 7) is 3.09. The third-order valence-corrected chi connectivity index (χ3v) is 5.58. The Balaban J connectivity index is 1.23. The van der Waals surface area contributed by atoms with E-state index in [2.05, 4.69) is 25.2 Å². The molecule has 1 N–H and O–H groups in total. The summed E-state index contributed by atoms with van der Waals surface area (Å²) in [4.78, 5) is 32.4. The van der Waals surface area contributed by atoms with Gasteiger partial charge in [-0.1, -0.05) is 0 Å². The molecule has 29 heavy (non-hydrogen) atoms. The van der Waals surface area contributed by atoms with Crippen molar-refractivity contribution in [2.75, 3.05) is 31.2 Å². The number of fused-ring (bicyclic) bond motifs is 1. The first-order valence-corrected chi connectivity index (χ1v) is 10.0. The smallest absolute Gasteiger partial charge is 0.271 e. The number of ether oxygens (including phenoxy) is 1. The Labute approximate surface area is 168 Å². The molecule has 5 rings (SSSR count). The number of hydrogen-bond acceptors (Lipinski definition) is 7. The lowest BCUT2D eigenvalue weighted by Crippen LogP contribution is -2.37. The van der Waals surface area contributed by atoms with Gasteiger partial charge in [0.25, 0.3) is 5.91 Å². The van der Waals surface area contributed by atoms with Crippen LogP contribution in [0.2, 0.25) is 0 Å². The van der Waals surface area contributed by atoms with Gasteiger partial charge < -0.3 is 15.0 Å². The number of rotatable bonds is 4. The van der Waals surface area contributed by atoms with E-state index in [0.717, 1.165) is 50.7 Å². The standard InChI is InChI=1S/C20H23N7O2/c28-18(17-13-26-8-1-6-21-19(26)25-17)23-15-3-9-27(12-15)20-22-7-2-16(24-20)14-4-10-29-11-5-14/h1-2,6-8,13-15H,3-5,9-12H2,(H,23,28). The lowest BCUT2D eigenvalue weighted by molar-refractivity contribution is 0.0845. The van der Waals surface area contributed by atoms with Crippen LogP contribution in [0.3, 0.4) is 0 Å². The van der Waals surface area contributed by atoms with Gasteiger partial charge in [0.15, 0.2) is 0 Å². The average molecular weight is 393 g/mol. The van der Waals surface area contributed by atoms with Crippen LogP contribution in [0.15, 0.2) is 36.9 Å². The molecule has 2 aliphatic rings. The molecule has 0 aromatic carbocycles. The van der Waals surface area contributed by atoms with Crippen LogP contribution in [0.5, 0.6) is 0 Å². The summed E-state index contributed by atoms with van der Waals surface area (Å²) in [7, 11) is 0. The third-order valence-electron chi connectivity index (χ3n) is 5.58. The van der Waals surface area contributed by atoms with E-state index in [-0.39, 0.29) is 11.9 Å². The van der Waals surface area contributed by atoms with Gasteiger partial charge in [0.05, 0.1) is 0 Å². The number of anilines is 1. The van der Waals surface area contributed by atoms with Gasteiger partial charge in [0, 0.05) is 68.7 Å². The van der Waals surface area contributed by atoms with Crippen molar-refractivity contribution in [1.29, 1.82) is 0 Å². The number of nitrogens with one attached hydrogen (secondary N) is 1. The number of nitrogens with zero attached hydrogens (tertiary/aromatic N) is 6. The molecule has 3 aromatic heterocycles. The fourth-order valence-electron chi connectivity index (χ4n) is 3.99. The van der Waals surface area contributed by atoms with E-state index in [4.69, 9.17) is 9.72 Å². The molecule has 0 bridgehead atoms. The van der Waals surface area contributed by atoms with Crippen LogP contribution >= 0.6 is 0 Å². The average Bonchev–Trinajstić information content (AvgIpc) is 3.41. The molecule has 2 fully saturated rings. The number of hydrogen-bond donors (Lipinski definition) is 1. The molecule has 2 aliphatic heterocycles. The zero-order chi connectivity index (χ0) is 19.6. The minimum Gasteiger partial charge on any atom is -0.381 e. The Morgan fingerprint density at radius 3 is 2.90 bits per heavy atom. The molecule has 0 saturated carbocycles. The van der Waals surface area contributed by atoms with Crippen molar-refractivity contribution in [1.82, 2.24) is 29.7 Å². The van der Waals surface area contributed by atoms with Crippen molar-refractivity contribution in [3.05, 3.63) is 48.3 Å². The summed E-state index contributed by atoms with van der Waals surface area (Å²) in [6.07, 6.45) is 9.88. The van der Waals surface area contributed by atoms with Crippen molar-refractivity contribution in [3.63, 3.8) is 0 Å². The van der Waals surface area contributed by atoms with Crippen LogP contribution in [0.25, 0.3) is 5.78 Å². The van der Waals surface area contributed by atoms with Crippen LogP contribution in [0, 0.1) is 0 Å². The zero-order valence-electron chi connectivity index (χ0n) is 16.1. The monoisotopic (exact) mass is 393 g/mol. The molecule has 0 spiro atoms. The number of carbonyl (C=O) groups is 1. The number of amides is 1. The maximum Gasteiger partial charge on any atom is 0.271 e. The van der Waals surface area contributed by atoms with Gasteiger partial charge in [0.1, 0.15) is 5.69 Å². The van der Waals surface area contributed by atoms with E-state index in [1.165, 1.54) is 0 Å². The highest BCUT2D eigenvalue weighted by Gasteiger charge is 2.27. The summed E-state index contributed by atoms with van der Waals surface area (Å²) >= 11 is 0. The van der Waals surface area contributed by atoms with Crippen molar-refractivity contribution in [2.45, 2.75) is 31.2 Å². The lowest BCUT2D eigenvalue weighted by atomic mass is 9.96. The molecular weight excluding hydrogens is 370 g/mol. The highest BCUT2D eigenvalue weighted by Crippen LogP contribution is 2.26. The van der Waals surface area contributed by atoms with Gasteiger partial charge in [-0.05, 0) is 31.4 Å². The summed E-state index contributed by atoms with van der Waals surface area (Å²) in [5, 5.41) is 3.08. The van der Waals surface area contributed by atoms with Crippen LogP contribution in [0.4, 0.5) is 5.95 Å². The van der Waals surface area contributed by atoms with Crippen molar-refractivity contribution >= 4 is 17.6 Å². The van der Waals surface area contributed by atoms with Gasteiger partial charge in [-0.25, -0.2) is 19.9 Å². The quantitative estimate of drug-likeness (QED) is 0.716. The number of aromatic nitrogens is 5. The van der Waals surface area contributed by atoms with E-state index < -0.39 is 0 Å². The van der Waals surface area contributed by atoms with E-state index in [1.54, 1.807) is 22.9 Å². The van der Waals surface area contributed by atoms with Gasteiger partial charge in [-0.3, -0.25) is 9.20 Å². The summed E-state index contributed by atoms with van der Waals surface area (Å²) < 4.78 is 7.19. The first kappa shape index (κ1) is 18.0. The van der Waals surface area contributed by atoms with Gasteiger partial charge in [0.2, 0.25) is 11.7 Å². The Morgan fingerprint density at radius 1 is 1.14 bits per heavy atom. The molecule has 1 unspecified atom stereocenters. The molecule has 9 nitrogen and oxygen atoms in total. The van der Waals surface area contributed by atoms with Crippen molar-refractivity contribution in [3.8, 4) is 0 Å². The van der Waals surface area contributed by atoms with Gasteiger partial charge in [-0.2, -0.15) is 0 Å². The van der Waals surface area contributed by atoms with E-state index in [1.807, 2.05) is 18.5 Å². The molecule has 0 aliphatic carbocycles. The fraction of sp³-hybridized carbons (Fsp3) is 0.450. The number of imidazole rings is 1. The first-order valence-electron chi connectivity index (χ1n) is 10.0. The fourth-order valence-corrected chi connectivity index (χ4v) is 3.99. The maximum absolute atomic E-state index is 12.6. The molecule has 0 radical (unpaired) electrons. The Morgan fingerprint density at radius 2 is 2.03 bits per heavy atom. The molecular formula is C20H23N7O2. The highest BCUT2D eigenvalue weighted by atomic mass is 16.5. The predicted molar refractivity (Wildman–Crippen MR) is 106 cm³/mol. The largest absolute Gasteiger partial charge is 0.381 e. The third kappa shape index (κ3) is 3.77. The maximum atomic E-state index is 12.6. The topological polar surface area (TPSA) is 97.5 Å². The molecule has 1 atom stereocenters. The van der Waals surface area contributed by atoms with Crippen molar-refractivity contribution < 1.29 is 9.53 Å². The second-order valence-corrected chi connectivity index (χ2v) is 7.53. The van der Waals surface area contributed by atoms with Crippen LogP contribution in [0.1, 0.15) is 41.4 Å². The van der Waals surface area contributed by atoms with Crippen LogP contribution in [-0.4, -0.2) is 62.6 Å². The van der Waals surface area contributed by atoms with Crippen LogP contribution in [-0.2, 0) is 4.74 Å². The summed E-state index contributed by atoms with van der Waals surface area (Å²) in [5.41, 5.74) is 1.46. The second-order valence-electron chi connectivity index (χ2n) is 7.53. The van der Waals surface area contributed by atoms with E-state index >= 15 is 0 Å². The Kier molecular flexibility index (Phi) is 4.81. The SMILES string of the molecule is O=C(NC1CCN(c2nccc(C3CCOCC3)n2)C1)c1cn2cccnc2n1. The minimum atomic E-state index is -0.181. The Bertz CT molecular complexity index is 982. The van der Waals surface area contributed by atoms with Gasteiger partial charge >= 0.3 is 0 Å². The molecule has 3 aromatic rings. The summed E-state index contributed by atoms with van der Waals surface area (Å²) in [6, 6.07) is 3.85. The highest BCUT2D eigenvalue weighted by molar-refractivity contribution is 5.93. The lowest BCUT2D eigenvalue weighted by Gasteiger charge is -2.23. The van der Waals surface area contributed by atoms with E-state index in [9.17, 15) is 4.79 Å². The molecule has 150 valence electrons. The van der Waals surface area contributed by atoms with Gasteiger partial charge in [-0.15, -0.1) is 0 Å². The molecule has 1 amide bonds. The number of carbonyl (C=O) groups excluding carboxylic acids is 1. The van der Waals surface area contributed by atoms with E-state index in [0.29, 0.717) is 23.9 Å². The predicted octanol–water partition coefficient (Wildman–Crippen LogP) is 1.42. The summed E-state index contributed by atoms with van der Waals surface area (Å²) in [5.74, 6) is 1.51. The molecule has 9 heteroatoms. The van der Waals surface area contributed by atoms with Crippen LogP contribution < -0.4 is 10.2 Å². The molecule has 5 heterocycles. The second kappa shape index (κ2) is 7.75. The zero-order valence-corrected chi connectivity index (χ0v) is 16.1. The molecule has 2 saturated heterocycles. The first-order chi connectivity index (χ1) is 14.3. The van der Waals surface area contributed by atoms with Crippen molar-refractivity contribution in [2.24, 2.45) is 0 Å². The Hall–Kier alpha value is -3.07. The minimum absolute atomic E-state index is 0.0376. The normalized spacial score (nSPS) is 20.3.